The summed E-state index contributed by atoms with van der Waals surface area (Å²) in [4.78, 5) is 2.21. The van der Waals surface area contributed by atoms with Gasteiger partial charge in [-0.2, -0.15) is 0 Å². The molecule has 1 aromatic carbocycles. The lowest BCUT2D eigenvalue weighted by atomic mass is 9.70. The average Bonchev–Trinajstić information content (AvgIpc) is 2.45. The van der Waals surface area contributed by atoms with Crippen molar-refractivity contribution in [1.82, 2.24) is 10.3 Å². The Morgan fingerprint density at radius 1 is 1.38 bits per heavy atom. The van der Waals surface area contributed by atoms with Gasteiger partial charge in [-0.25, -0.2) is 4.39 Å². The molecule has 1 unspecified atom stereocenters. The van der Waals surface area contributed by atoms with Crippen LogP contribution >= 0.6 is 15.9 Å². The van der Waals surface area contributed by atoms with E-state index >= 15 is 0 Å². The fourth-order valence-electron chi connectivity index (χ4n) is 3.53. The zero-order valence-corrected chi connectivity index (χ0v) is 14.6. The second-order valence-electron chi connectivity index (χ2n) is 6.45. The first-order chi connectivity index (χ1) is 9.90. The highest BCUT2D eigenvalue weighted by Crippen LogP contribution is 2.44. The van der Waals surface area contributed by atoms with Crippen LogP contribution in [0.1, 0.15) is 44.2 Å². The number of nitrogens with zero attached hydrogens (tertiary/aromatic N) is 1. The van der Waals surface area contributed by atoms with Crippen LogP contribution < -0.4 is 11.3 Å². The smallest absolute Gasteiger partial charge is 0.128 e. The molecule has 0 amide bonds. The standard InChI is InChI=1S/C16H25BrFN3/c1-11-6-8-16(9-7-11,21(2)3)15(20-19)13-10-12(17)4-5-14(13)18/h4-5,10-11,15,20H,6-9,19H2,1-3H3. The molecule has 1 atom stereocenters. The third kappa shape index (κ3) is 3.31. The molecule has 0 heterocycles. The number of nitrogens with one attached hydrogen (secondary N) is 1. The number of hydrazine groups is 1. The quantitative estimate of drug-likeness (QED) is 0.638. The molecule has 0 aliphatic heterocycles. The van der Waals surface area contributed by atoms with E-state index in [2.05, 4.69) is 47.3 Å². The summed E-state index contributed by atoms with van der Waals surface area (Å²) in [5.74, 6) is 6.37. The van der Waals surface area contributed by atoms with Crippen molar-refractivity contribution in [2.24, 2.45) is 11.8 Å². The minimum absolute atomic E-state index is 0.150. The van der Waals surface area contributed by atoms with Crippen LogP contribution in [-0.4, -0.2) is 24.5 Å². The fourth-order valence-corrected chi connectivity index (χ4v) is 3.91. The van der Waals surface area contributed by atoms with Gasteiger partial charge in [0, 0.05) is 15.6 Å². The molecule has 2 rings (SSSR count). The minimum Gasteiger partial charge on any atom is -0.302 e. The van der Waals surface area contributed by atoms with E-state index in [9.17, 15) is 4.39 Å². The second-order valence-corrected chi connectivity index (χ2v) is 7.36. The SMILES string of the molecule is CC1CCC(C(NN)c2cc(Br)ccc2F)(N(C)C)CC1. The highest BCUT2D eigenvalue weighted by molar-refractivity contribution is 9.10. The molecule has 0 saturated heterocycles. The molecular weight excluding hydrogens is 333 g/mol. The van der Waals surface area contributed by atoms with Gasteiger partial charge in [-0.05, 0) is 63.9 Å². The van der Waals surface area contributed by atoms with Gasteiger partial charge in [0.15, 0.2) is 0 Å². The Hall–Kier alpha value is -0.490. The molecule has 0 radical (unpaired) electrons. The predicted octanol–water partition coefficient (Wildman–Crippen LogP) is 3.60. The first-order valence-electron chi connectivity index (χ1n) is 7.49. The normalized spacial score (nSPS) is 27.9. The number of benzene rings is 1. The molecule has 0 spiro atoms. The fraction of sp³-hybridized carbons (Fsp3) is 0.625. The maximum atomic E-state index is 14.3. The molecule has 21 heavy (non-hydrogen) atoms. The van der Waals surface area contributed by atoms with E-state index in [1.165, 1.54) is 6.07 Å². The van der Waals surface area contributed by atoms with Crippen LogP contribution in [0.3, 0.4) is 0 Å². The van der Waals surface area contributed by atoms with Crippen molar-refractivity contribution in [2.75, 3.05) is 14.1 Å². The molecule has 3 N–H and O–H groups in total. The minimum atomic E-state index is -0.225. The highest BCUT2D eigenvalue weighted by Gasteiger charge is 2.44. The molecule has 0 bridgehead atoms. The van der Waals surface area contributed by atoms with Gasteiger partial charge in [0.25, 0.3) is 0 Å². The van der Waals surface area contributed by atoms with E-state index in [-0.39, 0.29) is 17.4 Å². The van der Waals surface area contributed by atoms with Crippen molar-refractivity contribution in [3.63, 3.8) is 0 Å². The topological polar surface area (TPSA) is 41.3 Å². The molecule has 1 aliphatic rings. The van der Waals surface area contributed by atoms with Gasteiger partial charge in [-0.3, -0.25) is 11.3 Å². The van der Waals surface area contributed by atoms with Crippen LogP contribution in [0.5, 0.6) is 0 Å². The summed E-state index contributed by atoms with van der Waals surface area (Å²) in [6.07, 6.45) is 4.32. The lowest BCUT2D eigenvalue weighted by Crippen LogP contribution is -2.57. The first-order valence-corrected chi connectivity index (χ1v) is 8.28. The Kier molecular flexibility index (Phi) is 5.41. The number of hydrogen-bond donors (Lipinski definition) is 2. The monoisotopic (exact) mass is 357 g/mol. The van der Waals surface area contributed by atoms with Crippen LogP contribution in [0.4, 0.5) is 4.39 Å². The van der Waals surface area contributed by atoms with Gasteiger partial charge >= 0.3 is 0 Å². The van der Waals surface area contributed by atoms with Gasteiger partial charge in [0.2, 0.25) is 0 Å². The largest absolute Gasteiger partial charge is 0.302 e. The number of halogens is 2. The Labute approximate surface area is 135 Å². The van der Waals surface area contributed by atoms with Crippen LogP contribution in [-0.2, 0) is 0 Å². The Morgan fingerprint density at radius 3 is 2.52 bits per heavy atom. The molecule has 5 heteroatoms. The number of hydrogen-bond acceptors (Lipinski definition) is 3. The average molecular weight is 358 g/mol. The molecule has 3 nitrogen and oxygen atoms in total. The third-order valence-electron chi connectivity index (χ3n) is 5.00. The summed E-state index contributed by atoms with van der Waals surface area (Å²) in [6.45, 7) is 2.28. The summed E-state index contributed by atoms with van der Waals surface area (Å²) in [7, 11) is 4.13. The summed E-state index contributed by atoms with van der Waals surface area (Å²) in [5, 5.41) is 0. The molecular formula is C16H25BrFN3. The van der Waals surface area contributed by atoms with E-state index in [0.717, 1.165) is 36.1 Å². The molecule has 118 valence electrons. The summed E-state index contributed by atoms with van der Waals surface area (Å²) in [6, 6.07) is 4.83. The van der Waals surface area contributed by atoms with E-state index in [4.69, 9.17) is 5.84 Å². The van der Waals surface area contributed by atoms with Gasteiger partial charge in [0.05, 0.1) is 6.04 Å². The van der Waals surface area contributed by atoms with Crippen LogP contribution in [0, 0.1) is 11.7 Å². The highest BCUT2D eigenvalue weighted by atomic mass is 79.9. The summed E-state index contributed by atoms with van der Waals surface area (Å²) in [5.41, 5.74) is 3.38. The number of rotatable bonds is 4. The van der Waals surface area contributed by atoms with Crippen LogP contribution in [0.15, 0.2) is 22.7 Å². The van der Waals surface area contributed by atoms with Crippen molar-refractivity contribution in [1.29, 1.82) is 0 Å². The lowest BCUT2D eigenvalue weighted by Gasteiger charge is -2.49. The zero-order valence-electron chi connectivity index (χ0n) is 13.0. The predicted molar refractivity (Wildman–Crippen MR) is 88.2 cm³/mol. The maximum absolute atomic E-state index is 14.3. The van der Waals surface area contributed by atoms with E-state index < -0.39 is 0 Å². The van der Waals surface area contributed by atoms with E-state index in [1.807, 2.05) is 6.07 Å². The van der Waals surface area contributed by atoms with E-state index in [1.54, 1.807) is 6.07 Å². The molecule has 1 saturated carbocycles. The zero-order chi connectivity index (χ0) is 15.6. The van der Waals surface area contributed by atoms with E-state index in [0.29, 0.717) is 5.56 Å². The van der Waals surface area contributed by atoms with Crippen molar-refractivity contribution in [2.45, 2.75) is 44.2 Å². The summed E-state index contributed by atoms with van der Waals surface area (Å²) < 4.78 is 15.2. The van der Waals surface area contributed by atoms with Gasteiger partial charge in [-0.1, -0.05) is 22.9 Å². The van der Waals surface area contributed by atoms with Crippen molar-refractivity contribution < 1.29 is 4.39 Å². The van der Waals surface area contributed by atoms with Crippen molar-refractivity contribution in [3.8, 4) is 0 Å². The Balaban J connectivity index is 2.43. The second kappa shape index (κ2) is 6.73. The first kappa shape index (κ1) is 16.9. The molecule has 1 aliphatic carbocycles. The van der Waals surface area contributed by atoms with Crippen molar-refractivity contribution in [3.05, 3.63) is 34.1 Å². The molecule has 1 aromatic rings. The van der Waals surface area contributed by atoms with Crippen LogP contribution in [0.2, 0.25) is 0 Å². The van der Waals surface area contributed by atoms with Gasteiger partial charge < -0.3 is 4.90 Å². The summed E-state index contributed by atoms with van der Waals surface area (Å²) >= 11 is 3.43. The lowest BCUT2D eigenvalue weighted by molar-refractivity contribution is 0.0416. The van der Waals surface area contributed by atoms with Gasteiger partial charge in [0.1, 0.15) is 5.82 Å². The Morgan fingerprint density at radius 2 is 2.00 bits per heavy atom. The number of likely N-dealkylation sites (N-methyl/N-ethyl adjacent to an activating group) is 1. The Bertz CT molecular complexity index is 484. The van der Waals surface area contributed by atoms with Gasteiger partial charge in [-0.15, -0.1) is 0 Å². The van der Waals surface area contributed by atoms with Crippen molar-refractivity contribution >= 4 is 15.9 Å². The number of nitrogens with two attached hydrogens (primary N) is 1. The van der Waals surface area contributed by atoms with Crippen LogP contribution in [0.25, 0.3) is 0 Å². The molecule has 0 aromatic heterocycles. The maximum Gasteiger partial charge on any atom is 0.128 e. The third-order valence-corrected chi connectivity index (χ3v) is 5.50. The molecule has 1 fully saturated rings.